The Labute approximate surface area is 90.8 Å². The van der Waals surface area contributed by atoms with Gasteiger partial charge in [-0.3, -0.25) is 9.98 Å². The van der Waals surface area contributed by atoms with Gasteiger partial charge in [0.1, 0.15) is 0 Å². The molecule has 2 rings (SSSR count). The van der Waals surface area contributed by atoms with Crippen LogP contribution >= 0.6 is 0 Å². The highest BCUT2D eigenvalue weighted by molar-refractivity contribution is 6.13. The first-order valence-corrected chi connectivity index (χ1v) is 5.56. The fourth-order valence-corrected chi connectivity index (χ4v) is 1.81. The van der Waals surface area contributed by atoms with E-state index in [0.29, 0.717) is 0 Å². The molecule has 0 N–H and O–H groups in total. The van der Waals surface area contributed by atoms with Crippen LogP contribution in [-0.4, -0.2) is 17.2 Å². The lowest BCUT2D eigenvalue weighted by atomic mass is 10.0. The van der Waals surface area contributed by atoms with E-state index in [1.165, 1.54) is 18.4 Å². The molecular weight excluding hydrogens is 184 g/mol. The van der Waals surface area contributed by atoms with Gasteiger partial charge in [0.05, 0.1) is 12.3 Å². The first kappa shape index (κ1) is 10.1. The van der Waals surface area contributed by atoms with Gasteiger partial charge in [0.25, 0.3) is 0 Å². The van der Waals surface area contributed by atoms with E-state index in [2.05, 4.69) is 29.0 Å². The van der Waals surface area contributed by atoms with Gasteiger partial charge in [-0.15, -0.1) is 0 Å². The number of nitrogens with zero attached hydrogens (tertiary/aromatic N) is 2. The Balaban J connectivity index is 2.14. The van der Waals surface area contributed by atoms with Gasteiger partial charge in [-0.25, -0.2) is 0 Å². The van der Waals surface area contributed by atoms with Gasteiger partial charge in [-0.05, 0) is 30.5 Å². The maximum Gasteiger partial charge on any atom is 0.0695 e. The summed E-state index contributed by atoms with van der Waals surface area (Å²) >= 11 is 0. The number of pyridine rings is 1. The third-order valence-electron chi connectivity index (χ3n) is 2.63. The van der Waals surface area contributed by atoms with Crippen molar-refractivity contribution in [2.24, 2.45) is 4.99 Å². The van der Waals surface area contributed by atoms with Gasteiger partial charge in [0.15, 0.2) is 0 Å². The average Bonchev–Trinajstić information content (AvgIpc) is 2.75. The van der Waals surface area contributed by atoms with Gasteiger partial charge in [0.2, 0.25) is 0 Å². The summed E-state index contributed by atoms with van der Waals surface area (Å²) in [6, 6.07) is 4.05. The third kappa shape index (κ3) is 2.32. The molecule has 0 aromatic carbocycles. The normalized spacial score (nSPS) is 15.0. The Morgan fingerprint density at radius 1 is 1.40 bits per heavy atom. The molecule has 0 aliphatic carbocycles. The zero-order valence-electron chi connectivity index (χ0n) is 9.11. The quantitative estimate of drug-likeness (QED) is 0.733. The summed E-state index contributed by atoms with van der Waals surface area (Å²) < 4.78 is 0. The molecule has 0 amide bonds. The van der Waals surface area contributed by atoms with Crippen molar-refractivity contribution in [1.82, 2.24) is 4.98 Å². The highest BCUT2D eigenvalue weighted by atomic mass is 14.8. The van der Waals surface area contributed by atoms with Crippen molar-refractivity contribution in [3.63, 3.8) is 0 Å². The van der Waals surface area contributed by atoms with E-state index in [1.54, 1.807) is 6.20 Å². The Morgan fingerprint density at radius 2 is 2.33 bits per heavy atom. The first-order valence-electron chi connectivity index (χ1n) is 5.56. The van der Waals surface area contributed by atoms with E-state index >= 15 is 0 Å². The molecule has 0 saturated heterocycles. The van der Waals surface area contributed by atoms with Crippen LogP contribution in [0.4, 0.5) is 0 Å². The van der Waals surface area contributed by atoms with Crippen LogP contribution < -0.4 is 0 Å². The van der Waals surface area contributed by atoms with Crippen LogP contribution in [0.25, 0.3) is 0 Å². The number of hydrogen-bond acceptors (Lipinski definition) is 2. The Bertz CT molecular complexity index is 377. The van der Waals surface area contributed by atoms with Gasteiger partial charge in [0, 0.05) is 18.0 Å². The Hall–Kier alpha value is -1.44. The predicted octanol–water partition coefficient (Wildman–Crippen LogP) is 3.00. The molecular formula is C13H16N2. The number of aromatic nitrogens is 1. The molecule has 1 aromatic rings. The summed E-state index contributed by atoms with van der Waals surface area (Å²) in [5.74, 6) is 0. The minimum absolute atomic E-state index is 0.837. The standard InChI is InChI=1S/C13H16N2/c1-2-3-5-11-7-9-15-13(11)12-6-4-8-14-10-12/h4,6-8,10H,2-3,5,9H2,1H3. The SMILES string of the molecule is CCCCC1=CCN=C1c1cccnc1. The van der Waals surface area contributed by atoms with E-state index in [9.17, 15) is 0 Å². The van der Waals surface area contributed by atoms with Crippen LogP contribution in [0.15, 0.2) is 41.2 Å². The second kappa shape index (κ2) is 4.87. The molecule has 0 fully saturated rings. The lowest BCUT2D eigenvalue weighted by molar-refractivity contribution is 0.804. The number of unbranched alkanes of at least 4 members (excludes halogenated alkanes) is 1. The molecule has 0 atom stereocenters. The monoisotopic (exact) mass is 200 g/mol. The Morgan fingerprint density at radius 3 is 3.07 bits per heavy atom. The molecule has 15 heavy (non-hydrogen) atoms. The van der Waals surface area contributed by atoms with Crippen molar-refractivity contribution >= 4 is 5.71 Å². The molecule has 2 nitrogen and oxygen atoms in total. The van der Waals surface area contributed by atoms with Gasteiger partial charge < -0.3 is 0 Å². The van der Waals surface area contributed by atoms with E-state index in [0.717, 1.165) is 24.2 Å². The molecule has 0 radical (unpaired) electrons. The van der Waals surface area contributed by atoms with Gasteiger partial charge in [-0.1, -0.05) is 19.4 Å². The molecule has 0 spiro atoms. The fourth-order valence-electron chi connectivity index (χ4n) is 1.81. The van der Waals surface area contributed by atoms with Crippen molar-refractivity contribution in [2.75, 3.05) is 6.54 Å². The van der Waals surface area contributed by atoms with Crippen molar-refractivity contribution in [3.8, 4) is 0 Å². The van der Waals surface area contributed by atoms with Crippen molar-refractivity contribution in [3.05, 3.63) is 41.7 Å². The van der Waals surface area contributed by atoms with Gasteiger partial charge >= 0.3 is 0 Å². The van der Waals surface area contributed by atoms with Crippen LogP contribution in [0, 0.1) is 0 Å². The Kier molecular flexibility index (Phi) is 3.28. The summed E-state index contributed by atoms with van der Waals surface area (Å²) in [5, 5.41) is 0. The third-order valence-corrected chi connectivity index (χ3v) is 2.63. The van der Waals surface area contributed by atoms with Crippen molar-refractivity contribution < 1.29 is 0 Å². The highest BCUT2D eigenvalue weighted by Crippen LogP contribution is 2.19. The molecule has 2 heterocycles. The topological polar surface area (TPSA) is 25.2 Å². The number of aliphatic imine (C=N–C) groups is 1. The number of rotatable bonds is 4. The zero-order valence-corrected chi connectivity index (χ0v) is 9.11. The van der Waals surface area contributed by atoms with Crippen LogP contribution in [-0.2, 0) is 0 Å². The maximum atomic E-state index is 4.52. The minimum Gasteiger partial charge on any atom is -0.280 e. The molecule has 1 aromatic heterocycles. The predicted molar refractivity (Wildman–Crippen MR) is 63.2 cm³/mol. The molecule has 1 aliphatic rings. The minimum atomic E-state index is 0.837. The van der Waals surface area contributed by atoms with Gasteiger partial charge in [-0.2, -0.15) is 0 Å². The van der Waals surface area contributed by atoms with Crippen molar-refractivity contribution in [2.45, 2.75) is 26.2 Å². The van der Waals surface area contributed by atoms with E-state index in [1.807, 2.05) is 12.3 Å². The second-order valence-electron chi connectivity index (χ2n) is 3.76. The first-order chi connectivity index (χ1) is 7.42. The smallest absolute Gasteiger partial charge is 0.0695 e. The lowest BCUT2D eigenvalue weighted by Crippen LogP contribution is -2.02. The highest BCUT2D eigenvalue weighted by Gasteiger charge is 2.12. The summed E-state index contributed by atoms with van der Waals surface area (Å²) in [4.78, 5) is 8.66. The summed E-state index contributed by atoms with van der Waals surface area (Å²) in [5.41, 5.74) is 3.69. The lowest BCUT2D eigenvalue weighted by Gasteiger charge is -2.05. The number of hydrogen-bond donors (Lipinski definition) is 0. The summed E-state index contributed by atoms with van der Waals surface area (Å²) in [6.07, 6.45) is 9.55. The van der Waals surface area contributed by atoms with Crippen LogP contribution in [0.3, 0.4) is 0 Å². The van der Waals surface area contributed by atoms with E-state index < -0.39 is 0 Å². The maximum absolute atomic E-state index is 4.52. The average molecular weight is 200 g/mol. The largest absolute Gasteiger partial charge is 0.280 e. The molecule has 0 bridgehead atoms. The van der Waals surface area contributed by atoms with Crippen molar-refractivity contribution in [1.29, 1.82) is 0 Å². The van der Waals surface area contributed by atoms with E-state index in [-0.39, 0.29) is 0 Å². The van der Waals surface area contributed by atoms with E-state index in [4.69, 9.17) is 0 Å². The molecule has 0 unspecified atom stereocenters. The zero-order chi connectivity index (χ0) is 10.5. The summed E-state index contributed by atoms with van der Waals surface area (Å²) in [7, 11) is 0. The van der Waals surface area contributed by atoms with Crippen LogP contribution in [0.1, 0.15) is 31.7 Å². The van der Waals surface area contributed by atoms with Crippen LogP contribution in [0.2, 0.25) is 0 Å². The summed E-state index contributed by atoms with van der Waals surface area (Å²) in [6.45, 7) is 3.06. The molecule has 0 saturated carbocycles. The van der Waals surface area contributed by atoms with Crippen LogP contribution in [0.5, 0.6) is 0 Å². The molecule has 2 heteroatoms. The molecule has 1 aliphatic heterocycles. The molecule has 78 valence electrons. The number of allylic oxidation sites excluding steroid dienone is 1. The second-order valence-corrected chi connectivity index (χ2v) is 3.76. The fraction of sp³-hybridized carbons (Fsp3) is 0.385.